The molecule has 0 bridgehead atoms. The van der Waals surface area contributed by atoms with E-state index >= 15 is 0 Å². The van der Waals surface area contributed by atoms with Crippen LogP contribution in [-0.2, 0) is 16.2 Å². The number of hydrogen-bond acceptors (Lipinski definition) is 2. The molecule has 3 spiro atoms. The van der Waals surface area contributed by atoms with E-state index < -0.39 is 16.2 Å². The molecule has 4 aliphatic carbocycles. The third kappa shape index (κ3) is 6.07. The highest BCUT2D eigenvalue weighted by Gasteiger charge is 2.55. The van der Waals surface area contributed by atoms with Gasteiger partial charge >= 0.3 is 0 Å². The molecule has 0 N–H and O–H groups in total. The fourth-order valence-corrected chi connectivity index (χ4v) is 19.5. The van der Waals surface area contributed by atoms with Crippen molar-refractivity contribution in [1.29, 1.82) is 0 Å². The molecule has 0 aromatic heterocycles. The molecule has 15 aromatic rings. The smallest absolute Gasteiger partial charge is 0.0754 e. The second-order valence-electron chi connectivity index (χ2n) is 26.4. The highest BCUT2D eigenvalue weighted by molar-refractivity contribution is 6.22. The lowest BCUT2D eigenvalue weighted by molar-refractivity contribution is 0.749. The molecule has 432 valence electrons. The Morgan fingerprint density at radius 3 is 0.828 bits per heavy atom. The van der Waals surface area contributed by atoms with E-state index in [1.54, 1.807) is 0 Å². The number of anilines is 4. The Morgan fingerprint density at radius 2 is 0.441 bits per heavy atom. The second kappa shape index (κ2) is 18.3. The maximum Gasteiger partial charge on any atom is 0.0754 e. The van der Waals surface area contributed by atoms with Gasteiger partial charge in [-0.25, -0.2) is 0 Å². The first kappa shape index (κ1) is 51.2. The van der Waals surface area contributed by atoms with Crippen LogP contribution in [0.4, 0.5) is 22.7 Å². The summed E-state index contributed by atoms with van der Waals surface area (Å²) in [6.45, 7) is 0. The fourth-order valence-electron chi connectivity index (χ4n) is 19.5. The van der Waals surface area contributed by atoms with Gasteiger partial charge in [0, 0.05) is 36.6 Å². The molecule has 0 radical (unpaired) electrons. The molecule has 0 fully saturated rings. The molecule has 21 rings (SSSR count). The predicted molar refractivity (Wildman–Crippen MR) is 385 cm³/mol. The van der Waals surface area contributed by atoms with Crippen LogP contribution >= 0.6 is 0 Å². The average Bonchev–Trinajstić information content (AvgIpc) is 1.60. The second-order valence-corrected chi connectivity index (χ2v) is 26.4. The normalized spacial score (nSPS) is 15.0. The third-order valence-corrected chi connectivity index (χ3v) is 22.7. The number of rotatable bonds is 3. The van der Waals surface area contributed by atoms with Gasteiger partial charge in [-0.15, -0.1) is 0 Å². The summed E-state index contributed by atoms with van der Waals surface area (Å²) in [5.74, 6) is 0. The van der Waals surface area contributed by atoms with Crippen molar-refractivity contribution in [1.82, 2.24) is 0 Å². The van der Waals surface area contributed by atoms with E-state index in [1.165, 1.54) is 189 Å². The summed E-state index contributed by atoms with van der Waals surface area (Å²) in [5.41, 5.74) is 36.8. The quantitative estimate of drug-likeness (QED) is 0.163. The molecule has 0 amide bonds. The molecule has 15 aromatic carbocycles. The zero-order chi connectivity index (χ0) is 61.1. The molecular formula is C91H58N2. The summed E-state index contributed by atoms with van der Waals surface area (Å²) in [6, 6.07) is 121. The lowest BCUT2D eigenvalue weighted by atomic mass is 9.64. The van der Waals surface area contributed by atoms with Crippen molar-refractivity contribution in [2.45, 2.75) is 16.2 Å². The largest absolute Gasteiger partial charge is 0.344 e. The summed E-state index contributed by atoms with van der Waals surface area (Å²) in [4.78, 5) is 5.00. The highest BCUT2D eigenvalue weighted by Crippen LogP contribution is 2.68. The van der Waals surface area contributed by atoms with Crippen LogP contribution in [0.25, 0.3) is 99.4 Å². The van der Waals surface area contributed by atoms with Gasteiger partial charge in [-0.2, -0.15) is 0 Å². The van der Waals surface area contributed by atoms with Crippen molar-refractivity contribution in [3.05, 3.63) is 382 Å². The number of benzene rings is 15. The Hall–Kier alpha value is -11.6. The first-order chi connectivity index (χ1) is 46.0. The zero-order valence-electron chi connectivity index (χ0n) is 51.4. The molecule has 2 aliphatic heterocycles. The maximum absolute atomic E-state index is 2.58. The van der Waals surface area contributed by atoms with E-state index in [-0.39, 0.29) is 0 Å². The number of hydrogen-bond donors (Lipinski definition) is 0. The number of nitrogens with zero attached hydrogens (tertiary/aromatic N) is 2. The van der Waals surface area contributed by atoms with E-state index in [2.05, 4.69) is 339 Å². The van der Waals surface area contributed by atoms with Crippen molar-refractivity contribution in [3.8, 4) is 77.9 Å². The Morgan fingerprint density at radius 1 is 0.183 bits per heavy atom. The average molecular weight is 1180 g/mol. The van der Waals surface area contributed by atoms with Crippen molar-refractivity contribution < 1.29 is 0 Å². The topological polar surface area (TPSA) is 6.48 Å². The van der Waals surface area contributed by atoms with Crippen LogP contribution in [0, 0.1) is 0 Å². The minimum absolute atomic E-state index is 0.513. The van der Waals surface area contributed by atoms with Crippen LogP contribution in [0.1, 0.15) is 66.8 Å². The minimum atomic E-state index is -0.558. The lowest BCUT2D eigenvalue weighted by Gasteiger charge is -2.44. The number of fused-ring (bicyclic) bond motifs is 30. The maximum atomic E-state index is 2.58. The molecule has 0 saturated heterocycles. The van der Waals surface area contributed by atoms with E-state index in [0.717, 1.165) is 0 Å². The van der Waals surface area contributed by atoms with Crippen molar-refractivity contribution in [3.63, 3.8) is 0 Å². The first-order valence-electron chi connectivity index (χ1n) is 32.8. The summed E-state index contributed by atoms with van der Waals surface area (Å²) in [7, 11) is 4.59. The molecular weight excluding hydrogens is 1120 g/mol. The van der Waals surface area contributed by atoms with Gasteiger partial charge in [0.15, 0.2) is 0 Å². The van der Waals surface area contributed by atoms with E-state index in [0.29, 0.717) is 0 Å². The van der Waals surface area contributed by atoms with Crippen LogP contribution in [0.15, 0.2) is 315 Å². The van der Waals surface area contributed by atoms with Gasteiger partial charge in [-0.05, 0) is 173 Å². The van der Waals surface area contributed by atoms with Gasteiger partial charge in [-0.1, -0.05) is 297 Å². The Bertz CT molecular complexity index is 5440. The predicted octanol–water partition coefficient (Wildman–Crippen LogP) is 22.2. The summed E-state index contributed by atoms with van der Waals surface area (Å²) >= 11 is 0. The molecule has 0 atom stereocenters. The first-order valence-corrected chi connectivity index (χ1v) is 32.8. The van der Waals surface area contributed by atoms with E-state index in [1.807, 2.05) is 0 Å². The van der Waals surface area contributed by atoms with Crippen molar-refractivity contribution in [2.24, 2.45) is 0 Å². The molecule has 6 aliphatic rings. The number of para-hydroxylation sites is 4. The van der Waals surface area contributed by atoms with Crippen LogP contribution in [-0.4, -0.2) is 14.1 Å². The Kier molecular flexibility index (Phi) is 10.1. The fraction of sp³-hybridized carbons (Fsp3) is 0.0549. The van der Waals surface area contributed by atoms with Gasteiger partial charge in [0.1, 0.15) is 0 Å². The van der Waals surface area contributed by atoms with Gasteiger partial charge < -0.3 is 9.80 Å². The van der Waals surface area contributed by atoms with E-state index in [9.17, 15) is 0 Å². The Labute approximate surface area is 541 Å². The Balaban J connectivity index is 0.892. The summed E-state index contributed by atoms with van der Waals surface area (Å²) in [6.07, 6.45) is 0. The molecule has 2 nitrogen and oxygen atoms in total. The zero-order valence-corrected chi connectivity index (χ0v) is 51.4. The lowest BCUT2D eigenvalue weighted by Crippen LogP contribution is -2.36. The van der Waals surface area contributed by atoms with Crippen LogP contribution in [0.3, 0.4) is 0 Å². The summed E-state index contributed by atoms with van der Waals surface area (Å²) < 4.78 is 0. The minimum Gasteiger partial charge on any atom is -0.344 e. The van der Waals surface area contributed by atoms with Gasteiger partial charge in [0.25, 0.3) is 0 Å². The van der Waals surface area contributed by atoms with Crippen LogP contribution in [0.2, 0.25) is 0 Å². The van der Waals surface area contributed by atoms with Crippen molar-refractivity contribution >= 4 is 44.3 Å². The van der Waals surface area contributed by atoms with Crippen LogP contribution < -0.4 is 9.80 Å². The van der Waals surface area contributed by atoms with E-state index in [4.69, 9.17) is 0 Å². The molecule has 0 saturated carbocycles. The van der Waals surface area contributed by atoms with Gasteiger partial charge in [0.2, 0.25) is 0 Å². The third-order valence-electron chi connectivity index (χ3n) is 22.7. The molecule has 0 unspecified atom stereocenters. The van der Waals surface area contributed by atoms with Crippen molar-refractivity contribution in [2.75, 3.05) is 23.9 Å². The molecule has 2 heterocycles. The van der Waals surface area contributed by atoms with Crippen LogP contribution in [0.5, 0.6) is 0 Å². The highest BCUT2D eigenvalue weighted by atomic mass is 15.1. The van der Waals surface area contributed by atoms with Gasteiger partial charge in [-0.3, -0.25) is 0 Å². The molecule has 93 heavy (non-hydrogen) atoms. The summed E-state index contributed by atoms with van der Waals surface area (Å²) in [5, 5.41) is 4.86. The molecule has 2 heteroatoms. The monoisotopic (exact) mass is 1180 g/mol. The van der Waals surface area contributed by atoms with Gasteiger partial charge in [0.05, 0.1) is 27.6 Å². The standard InChI is InChI=1S/C91H58N2/c1-92-83-52-19-17-47-78(83)90(73-42-12-5-28-59(73)60-29-6-13-43-74(60)90)81-50-23-37-65(87(81)92)55-33-21-35-63-69(55)54-70-56(66-38-24-51-82-88(66)93(2)84-53-20-18-48-79(84)91(82)75-44-14-7-30-61(75)62-31-8-15-45-76(62)91)34-22-36-64(70)85(63)68-39-25-49-80-86(68)67-32-9-16-46-77(67)89(80)71-40-10-3-26-57(71)58-27-4-11-41-72(58)89/h3-54H,1-2H3. The SMILES string of the molecule is CN1c2ccccc2C2(c3ccccc3-c3ccccc32)c2cccc(-c3cccc4c(-c5cccc6c5-c5ccccc5C65c6ccccc6-c6ccccc65)c5cccc(-c6cccc7c6N(C)c6ccccc6C76c7ccccc7-c7ccccc76)c5cc34)c21.